The number of primary amides is 1. The Hall–Kier alpha value is -3.09. The van der Waals surface area contributed by atoms with E-state index in [1.165, 1.54) is 17.0 Å². The first-order valence-electron chi connectivity index (χ1n) is 9.62. The Bertz CT molecular complexity index is 977. The van der Waals surface area contributed by atoms with Gasteiger partial charge in [-0.05, 0) is 47.4 Å². The molecule has 0 fully saturated rings. The van der Waals surface area contributed by atoms with E-state index in [2.05, 4.69) is 16.0 Å². The Labute approximate surface area is 170 Å². The number of carbonyl (C=O) groups excluding carboxylic acids is 1. The summed E-state index contributed by atoms with van der Waals surface area (Å²) in [6.45, 7) is 2.29. The number of aromatic amines is 1. The zero-order valence-electron chi connectivity index (χ0n) is 16.6. The molecule has 0 aliphatic carbocycles. The number of aliphatic hydroxyl groups is 1. The van der Waals surface area contributed by atoms with Crippen LogP contribution in [0, 0.1) is 0 Å². The molecule has 0 aliphatic rings. The van der Waals surface area contributed by atoms with Gasteiger partial charge in [0.05, 0.1) is 13.7 Å². The molecule has 6 nitrogen and oxygen atoms in total. The first-order chi connectivity index (χ1) is 14.1. The fourth-order valence-electron chi connectivity index (χ4n) is 3.35. The van der Waals surface area contributed by atoms with Gasteiger partial charge in [-0.15, -0.1) is 0 Å². The number of hydrogen-bond donors (Lipinski definition) is 3. The predicted octanol–water partition coefficient (Wildman–Crippen LogP) is 2.71. The fraction of sp³-hybridized carbons (Fsp3) is 0.261. The van der Waals surface area contributed by atoms with Crippen LogP contribution in [0.2, 0.25) is 0 Å². The van der Waals surface area contributed by atoms with Crippen molar-refractivity contribution in [3.63, 3.8) is 0 Å². The van der Waals surface area contributed by atoms with Gasteiger partial charge < -0.3 is 20.6 Å². The summed E-state index contributed by atoms with van der Waals surface area (Å²) in [6.07, 6.45) is 5.96. The third kappa shape index (κ3) is 5.70. The van der Waals surface area contributed by atoms with Crippen molar-refractivity contribution in [2.75, 3.05) is 26.8 Å². The highest BCUT2D eigenvalue weighted by Gasteiger charge is 2.10. The molecule has 152 valence electrons. The second kappa shape index (κ2) is 9.91. The van der Waals surface area contributed by atoms with Gasteiger partial charge in [-0.25, -0.2) is 0 Å². The number of nitrogens with one attached hydrogen (secondary N) is 1. The smallest absolute Gasteiger partial charge is 0.241 e. The van der Waals surface area contributed by atoms with Gasteiger partial charge in [0.2, 0.25) is 5.91 Å². The van der Waals surface area contributed by atoms with Crippen LogP contribution in [0.3, 0.4) is 0 Å². The van der Waals surface area contributed by atoms with Crippen LogP contribution in [0.4, 0.5) is 0 Å². The monoisotopic (exact) mass is 393 g/mol. The molecule has 3 rings (SSSR count). The van der Waals surface area contributed by atoms with Crippen molar-refractivity contribution in [3.8, 4) is 5.75 Å². The lowest BCUT2D eigenvalue weighted by Gasteiger charge is -2.21. The van der Waals surface area contributed by atoms with Crippen LogP contribution in [0.25, 0.3) is 17.0 Å². The topological polar surface area (TPSA) is 91.6 Å². The third-order valence-electron chi connectivity index (χ3n) is 4.91. The number of aromatic nitrogens is 1. The molecular weight excluding hydrogens is 366 g/mol. The van der Waals surface area contributed by atoms with E-state index >= 15 is 0 Å². The number of rotatable bonds is 10. The van der Waals surface area contributed by atoms with E-state index in [-0.39, 0.29) is 6.61 Å². The molecular formula is C23H27N3O3. The zero-order chi connectivity index (χ0) is 20.6. The van der Waals surface area contributed by atoms with Crippen molar-refractivity contribution >= 4 is 22.9 Å². The number of ether oxygens (including phenoxy) is 1. The van der Waals surface area contributed by atoms with Crippen molar-refractivity contribution in [1.29, 1.82) is 0 Å². The largest absolute Gasteiger partial charge is 0.497 e. The third-order valence-corrected chi connectivity index (χ3v) is 4.91. The van der Waals surface area contributed by atoms with Crippen LogP contribution in [0.1, 0.15) is 16.7 Å². The number of nitrogens with zero attached hydrogens (tertiary/aromatic N) is 1. The average Bonchev–Trinajstić information content (AvgIpc) is 3.13. The van der Waals surface area contributed by atoms with E-state index in [1.54, 1.807) is 13.2 Å². The second-order valence-corrected chi connectivity index (χ2v) is 6.95. The van der Waals surface area contributed by atoms with Crippen LogP contribution < -0.4 is 10.5 Å². The first kappa shape index (κ1) is 20.6. The quantitative estimate of drug-likeness (QED) is 0.462. The molecule has 0 saturated carbocycles. The Morgan fingerprint density at radius 3 is 2.69 bits per heavy atom. The molecule has 1 aromatic heterocycles. The minimum atomic E-state index is -0.460. The standard InChI is InChI=1S/C23H27N3O3/c1-29-20-7-8-22-21(14-20)19(15-25-22)10-11-26(12-13-27)16-18-4-2-17(3-5-18)6-9-23(24)28/h2-9,14-15,25,27H,10-13,16H2,1H3,(H2,24,28)/b9-6+. The van der Waals surface area contributed by atoms with E-state index in [1.807, 2.05) is 42.6 Å². The van der Waals surface area contributed by atoms with E-state index in [9.17, 15) is 9.90 Å². The van der Waals surface area contributed by atoms with Crippen LogP contribution in [0.15, 0.2) is 54.7 Å². The van der Waals surface area contributed by atoms with Crippen molar-refractivity contribution in [2.45, 2.75) is 13.0 Å². The Kier molecular flexibility index (Phi) is 7.05. The summed E-state index contributed by atoms with van der Waals surface area (Å²) in [5.74, 6) is 0.383. The molecule has 0 aliphatic heterocycles. The van der Waals surface area contributed by atoms with Crippen molar-refractivity contribution in [2.24, 2.45) is 5.73 Å². The Balaban J connectivity index is 1.65. The number of methoxy groups -OCH3 is 1. The molecule has 0 atom stereocenters. The number of benzene rings is 2. The molecule has 0 bridgehead atoms. The number of hydrogen-bond acceptors (Lipinski definition) is 4. The fourth-order valence-corrected chi connectivity index (χ4v) is 3.35. The highest BCUT2D eigenvalue weighted by atomic mass is 16.5. The van der Waals surface area contributed by atoms with Crippen molar-refractivity contribution in [1.82, 2.24) is 9.88 Å². The number of amides is 1. The zero-order valence-corrected chi connectivity index (χ0v) is 16.6. The van der Waals surface area contributed by atoms with Crippen LogP contribution in [-0.4, -0.2) is 47.7 Å². The van der Waals surface area contributed by atoms with Gasteiger partial charge in [-0.2, -0.15) is 0 Å². The molecule has 0 spiro atoms. The minimum Gasteiger partial charge on any atom is -0.497 e. The lowest BCUT2D eigenvalue weighted by molar-refractivity contribution is -0.113. The summed E-state index contributed by atoms with van der Waals surface area (Å²) in [4.78, 5) is 16.4. The molecule has 1 heterocycles. The van der Waals surface area contributed by atoms with E-state index in [0.717, 1.165) is 41.9 Å². The lowest BCUT2D eigenvalue weighted by atomic mass is 10.1. The van der Waals surface area contributed by atoms with Gasteiger partial charge in [-0.3, -0.25) is 9.69 Å². The summed E-state index contributed by atoms with van der Waals surface area (Å²) in [5.41, 5.74) is 9.52. The summed E-state index contributed by atoms with van der Waals surface area (Å²) in [5, 5.41) is 10.6. The van der Waals surface area contributed by atoms with Crippen LogP contribution in [0.5, 0.6) is 5.75 Å². The Morgan fingerprint density at radius 1 is 1.21 bits per heavy atom. The number of fused-ring (bicyclic) bond motifs is 1. The molecule has 3 aromatic rings. The Morgan fingerprint density at radius 2 is 2.00 bits per heavy atom. The van der Waals surface area contributed by atoms with Crippen LogP contribution in [-0.2, 0) is 17.8 Å². The molecule has 0 saturated heterocycles. The molecule has 29 heavy (non-hydrogen) atoms. The van der Waals surface area contributed by atoms with E-state index in [4.69, 9.17) is 10.5 Å². The van der Waals surface area contributed by atoms with Gasteiger partial charge in [-0.1, -0.05) is 24.3 Å². The van der Waals surface area contributed by atoms with Crippen molar-refractivity contribution in [3.05, 3.63) is 71.4 Å². The highest BCUT2D eigenvalue weighted by Crippen LogP contribution is 2.24. The van der Waals surface area contributed by atoms with Gasteiger partial charge in [0.1, 0.15) is 5.75 Å². The maximum atomic E-state index is 10.8. The summed E-state index contributed by atoms with van der Waals surface area (Å²) < 4.78 is 5.34. The number of carbonyl (C=O) groups is 1. The molecule has 2 aromatic carbocycles. The second-order valence-electron chi connectivity index (χ2n) is 6.95. The summed E-state index contributed by atoms with van der Waals surface area (Å²) in [6, 6.07) is 14.0. The summed E-state index contributed by atoms with van der Waals surface area (Å²) >= 11 is 0. The van der Waals surface area contributed by atoms with Gasteiger partial charge in [0.25, 0.3) is 0 Å². The molecule has 0 radical (unpaired) electrons. The molecule has 6 heteroatoms. The normalized spacial score (nSPS) is 11.6. The molecule has 4 N–H and O–H groups in total. The first-order valence-corrected chi connectivity index (χ1v) is 9.62. The number of aliphatic hydroxyl groups excluding tert-OH is 1. The van der Waals surface area contributed by atoms with Crippen LogP contribution >= 0.6 is 0 Å². The number of H-pyrrole nitrogens is 1. The maximum Gasteiger partial charge on any atom is 0.241 e. The number of nitrogens with two attached hydrogens (primary N) is 1. The average molecular weight is 393 g/mol. The van der Waals surface area contributed by atoms with E-state index < -0.39 is 5.91 Å². The lowest BCUT2D eigenvalue weighted by Crippen LogP contribution is -2.28. The summed E-state index contributed by atoms with van der Waals surface area (Å²) in [7, 11) is 1.67. The SMILES string of the molecule is COc1ccc2[nH]cc(CCN(CCO)Cc3ccc(/C=C/C(N)=O)cc3)c2c1. The van der Waals surface area contributed by atoms with Crippen molar-refractivity contribution < 1.29 is 14.6 Å². The van der Waals surface area contributed by atoms with E-state index in [0.29, 0.717) is 6.54 Å². The van der Waals surface area contributed by atoms with Gasteiger partial charge in [0, 0.05) is 42.8 Å². The van der Waals surface area contributed by atoms with Gasteiger partial charge >= 0.3 is 0 Å². The molecule has 1 amide bonds. The predicted molar refractivity (Wildman–Crippen MR) is 116 cm³/mol. The maximum absolute atomic E-state index is 10.8. The highest BCUT2D eigenvalue weighted by molar-refractivity contribution is 5.90. The molecule has 0 unspecified atom stereocenters. The minimum absolute atomic E-state index is 0.112. The van der Waals surface area contributed by atoms with Gasteiger partial charge in [0.15, 0.2) is 0 Å².